The molecule has 2 nitrogen and oxygen atoms in total. The molecular weight excluding hydrogens is 214 g/mol. The standard InChI is InChI=1S/C6H6BrNOS/c1-4-2-6(7)10-5(4)3-8-9/h2-3,9H,1H3/b8-3+. The van der Waals surface area contributed by atoms with Crippen LogP contribution in [0.2, 0.25) is 0 Å². The van der Waals surface area contributed by atoms with Crippen LogP contribution >= 0.6 is 27.3 Å². The number of hydrogen-bond acceptors (Lipinski definition) is 3. The maximum atomic E-state index is 8.21. The van der Waals surface area contributed by atoms with E-state index in [-0.39, 0.29) is 0 Å². The minimum Gasteiger partial charge on any atom is -0.411 e. The summed E-state index contributed by atoms with van der Waals surface area (Å²) >= 11 is 4.87. The van der Waals surface area contributed by atoms with Crippen LogP contribution in [0.5, 0.6) is 0 Å². The van der Waals surface area contributed by atoms with E-state index < -0.39 is 0 Å². The molecule has 54 valence electrons. The van der Waals surface area contributed by atoms with Gasteiger partial charge in [-0.15, -0.1) is 11.3 Å². The van der Waals surface area contributed by atoms with E-state index in [9.17, 15) is 0 Å². The van der Waals surface area contributed by atoms with Crippen molar-refractivity contribution in [1.82, 2.24) is 0 Å². The quantitative estimate of drug-likeness (QED) is 0.440. The first-order chi connectivity index (χ1) is 4.74. The van der Waals surface area contributed by atoms with Gasteiger partial charge < -0.3 is 5.21 Å². The van der Waals surface area contributed by atoms with E-state index in [1.165, 1.54) is 6.21 Å². The minimum atomic E-state index is 0.981. The van der Waals surface area contributed by atoms with Crippen LogP contribution in [0, 0.1) is 6.92 Å². The molecule has 0 saturated heterocycles. The third-order valence-corrected chi connectivity index (χ3v) is 2.78. The molecule has 0 bridgehead atoms. The molecule has 0 fully saturated rings. The number of hydrogen-bond donors (Lipinski definition) is 1. The topological polar surface area (TPSA) is 32.6 Å². The Morgan fingerprint density at radius 3 is 2.90 bits per heavy atom. The van der Waals surface area contributed by atoms with Crippen LogP contribution < -0.4 is 0 Å². The molecule has 0 spiro atoms. The average molecular weight is 220 g/mol. The maximum absolute atomic E-state index is 8.21. The lowest BCUT2D eigenvalue weighted by molar-refractivity contribution is 0.322. The maximum Gasteiger partial charge on any atom is 0.0836 e. The molecule has 0 radical (unpaired) electrons. The van der Waals surface area contributed by atoms with Crippen molar-refractivity contribution in [3.63, 3.8) is 0 Å². The Bertz CT molecular complexity index is 256. The Balaban J connectivity index is 3.03. The monoisotopic (exact) mass is 219 g/mol. The van der Waals surface area contributed by atoms with Crippen molar-refractivity contribution in [2.45, 2.75) is 6.92 Å². The highest BCUT2D eigenvalue weighted by molar-refractivity contribution is 9.11. The SMILES string of the molecule is Cc1cc(Br)sc1/C=N/O. The fourth-order valence-corrected chi connectivity index (χ4v) is 2.27. The van der Waals surface area contributed by atoms with Crippen LogP contribution in [-0.2, 0) is 0 Å². The fraction of sp³-hybridized carbons (Fsp3) is 0.167. The van der Waals surface area contributed by atoms with Gasteiger partial charge in [-0.1, -0.05) is 5.16 Å². The lowest BCUT2D eigenvalue weighted by Gasteiger charge is -1.82. The van der Waals surface area contributed by atoms with Gasteiger partial charge in [-0.05, 0) is 34.5 Å². The van der Waals surface area contributed by atoms with Crippen LogP contribution in [0.1, 0.15) is 10.4 Å². The predicted molar refractivity (Wildman–Crippen MR) is 46.1 cm³/mol. The van der Waals surface area contributed by atoms with E-state index in [1.807, 2.05) is 13.0 Å². The number of halogens is 1. The molecule has 4 heteroatoms. The number of aryl methyl sites for hydroxylation is 1. The number of oxime groups is 1. The summed E-state index contributed by atoms with van der Waals surface area (Å²) in [5.74, 6) is 0. The molecule has 1 aromatic heterocycles. The van der Waals surface area contributed by atoms with Gasteiger partial charge in [0.05, 0.1) is 14.9 Å². The van der Waals surface area contributed by atoms with Gasteiger partial charge >= 0.3 is 0 Å². The first-order valence-corrected chi connectivity index (χ1v) is 4.28. The van der Waals surface area contributed by atoms with Crippen LogP contribution in [0.3, 0.4) is 0 Å². The Kier molecular flexibility index (Phi) is 2.45. The molecule has 1 heterocycles. The summed E-state index contributed by atoms with van der Waals surface area (Å²) in [4.78, 5) is 0.981. The molecule has 0 aromatic carbocycles. The first-order valence-electron chi connectivity index (χ1n) is 2.67. The van der Waals surface area contributed by atoms with Gasteiger partial charge in [-0.25, -0.2) is 0 Å². The van der Waals surface area contributed by atoms with E-state index in [0.29, 0.717) is 0 Å². The second kappa shape index (κ2) is 3.16. The second-order valence-corrected chi connectivity index (χ2v) is 4.31. The molecule has 0 unspecified atom stereocenters. The molecule has 1 rings (SSSR count). The molecular formula is C6H6BrNOS. The van der Waals surface area contributed by atoms with E-state index in [0.717, 1.165) is 14.2 Å². The van der Waals surface area contributed by atoms with Crippen LogP contribution in [0.15, 0.2) is 15.0 Å². The van der Waals surface area contributed by atoms with E-state index >= 15 is 0 Å². The normalized spacial score (nSPS) is 11.0. The number of nitrogens with zero attached hydrogens (tertiary/aromatic N) is 1. The third kappa shape index (κ3) is 1.58. The number of thiophene rings is 1. The van der Waals surface area contributed by atoms with Crippen molar-refractivity contribution in [3.8, 4) is 0 Å². The summed E-state index contributed by atoms with van der Waals surface area (Å²) in [6.45, 7) is 1.97. The average Bonchev–Trinajstić information content (AvgIpc) is 2.13. The molecule has 0 amide bonds. The summed E-state index contributed by atoms with van der Waals surface area (Å²) in [6, 6.07) is 1.99. The summed E-state index contributed by atoms with van der Waals surface area (Å²) in [6.07, 6.45) is 1.44. The lowest BCUT2D eigenvalue weighted by Crippen LogP contribution is -1.75. The summed E-state index contributed by atoms with van der Waals surface area (Å²) < 4.78 is 1.06. The zero-order valence-corrected chi connectivity index (χ0v) is 7.74. The zero-order valence-electron chi connectivity index (χ0n) is 5.34. The van der Waals surface area contributed by atoms with Gasteiger partial charge in [0.2, 0.25) is 0 Å². The molecule has 0 atom stereocenters. The summed E-state index contributed by atoms with van der Waals surface area (Å²) in [5.41, 5.74) is 1.12. The molecule has 0 saturated carbocycles. The van der Waals surface area contributed by atoms with E-state index in [1.54, 1.807) is 11.3 Å². The first kappa shape index (κ1) is 7.75. The highest BCUT2D eigenvalue weighted by Crippen LogP contribution is 2.24. The van der Waals surface area contributed by atoms with Crippen molar-refractivity contribution >= 4 is 33.5 Å². The van der Waals surface area contributed by atoms with Crippen LogP contribution in [0.4, 0.5) is 0 Å². The minimum absolute atomic E-state index is 0.981. The molecule has 0 aliphatic rings. The van der Waals surface area contributed by atoms with Gasteiger partial charge in [0.15, 0.2) is 0 Å². The van der Waals surface area contributed by atoms with Gasteiger partial charge in [0.25, 0.3) is 0 Å². The largest absolute Gasteiger partial charge is 0.411 e. The zero-order chi connectivity index (χ0) is 7.56. The van der Waals surface area contributed by atoms with E-state index in [2.05, 4.69) is 21.1 Å². The molecule has 0 aliphatic heterocycles. The number of rotatable bonds is 1. The summed E-state index contributed by atoms with van der Waals surface area (Å²) in [7, 11) is 0. The highest BCUT2D eigenvalue weighted by Gasteiger charge is 1.99. The Labute approximate surface area is 71.3 Å². The third-order valence-electron chi connectivity index (χ3n) is 1.10. The highest BCUT2D eigenvalue weighted by atomic mass is 79.9. The van der Waals surface area contributed by atoms with Gasteiger partial charge in [-0.3, -0.25) is 0 Å². The van der Waals surface area contributed by atoms with Crippen molar-refractivity contribution in [1.29, 1.82) is 0 Å². The van der Waals surface area contributed by atoms with Crippen LogP contribution in [0.25, 0.3) is 0 Å². The Morgan fingerprint density at radius 1 is 1.80 bits per heavy atom. The van der Waals surface area contributed by atoms with E-state index in [4.69, 9.17) is 5.21 Å². The Morgan fingerprint density at radius 2 is 2.50 bits per heavy atom. The molecule has 1 N–H and O–H groups in total. The van der Waals surface area contributed by atoms with Crippen molar-refractivity contribution in [2.24, 2.45) is 5.16 Å². The van der Waals surface area contributed by atoms with Crippen molar-refractivity contribution < 1.29 is 5.21 Å². The molecule has 10 heavy (non-hydrogen) atoms. The smallest absolute Gasteiger partial charge is 0.0836 e. The Hall–Kier alpha value is -0.350. The van der Waals surface area contributed by atoms with Gasteiger partial charge in [0.1, 0.15) is 0 Å². The predicted octanol–water partition coefficient (Wildman–Crippen LogP) is 2.63. The van der Waals surface area contributed by atoms with Crippen molar-refractivity contribution in [2.75, 3.05) is 0 Å². The second-order valence-electron chi connectivity index (χ2n) is 1.84. The summed E-state index contributed by atoms with van der Waals surface area (Å²) in [5, 5.41) is 11.2. The van der Waals surface area contributed by atoms with Gasteiger partial charge in [-0.2, -0.15) is 0 Å². The lowest BCUT2D eigenvalue weighted by atomic mass is 10.3. The molecule has 1 aromatic rings. The van der Waals surface area contributed by atoms with Crippen LogP contribution in [-0.4, -0.2) is 11.4 Å². The van der Waals surface area contributed by atoms with Gasteiger partial charge in [0, 0.05) is 0 Å². The fourth-order valence-electron chi connectivity index (χ4n) is 0.637. The molecule has 0 aliphatic carbocycles. The van der Waals surface area contributed by atoms with Crippen molar-refractivity contribution in [3.05, 3.63) is 20.3 Å².